The predicted molar refractivity (Wildman–Crippen MR) is 56.0 cm³/mol. The van der Waals surface area contributed by atoms with E-state index in [1.165, 1.54) is 16.7 Å². The topological polar surface area (TPSA) is 39.1 Å². The van der Waals surface area contributed by atoms with Crippen molar-refractivity contribution in [1.82, 2.24) is 4.57 Å². The SMILES string of the molecule is C=Cc1c(C=C)n(C)c(=O)sc1=O. The standard InChI is InChI=1S/C9H9NO2S/c1-4-6-7(5-2)10(3)9(12)13-8(6)11/h4-5H,1-2H2,3H3. The summed E-state index contributed by atoms with van der Waals surface area (Å²) in [5, 5.41) is 0. The zero-order valence-electron chi connectivity index (χ0n) is 7.24. The second kappa shape index (κ2) is 3.53. The van der Waals surface area contributed by atoms with E-state index < -0.39 is 0 Å². The largest absolute Gasteiger partial charge is 0.310 e. The van der Waals surface area contributed by atoms with Crippen molar-refractivity contribution in [2.24, 2.45) is 7.05 Å². The molecule has 0 radical (unpaired) electrons. The fourth-order valence-electron chi connectivity index (χ4n) is 1.02. The van der Waals surface area contributed by atoms with E-state index in [-0.39, 0.29) is 9.62 Å². The molecule has 0 aliphatic carbocycles. The van der Waals surface area contributed by atoms with Gasteiger partial charge < -0.3 is 4.57 Å². The first-order valence-electron chi connectivity index (χ1n) is 3.60. The highest BCUT2D eigenvalue weighted by molar-refractivity contribution is 7.06. The molecule has 3 nitrogen and oxygen atoms in total. The molecule has 1 aromatic rings. The molecule has 0 unspecified atom stereocenters. The maximum absolute atomic E-state index is 11.3. The van der Waals surface area contributed by atoms with Gasteiger partial charge in [-0.1, -0.05) is 19.2 Å². The van der Waals surface area contributed by atoms with Crippen molar-refractivity contribution in [3.63, 3.8) is 0 Å². The van der Waals surface area contributed by atoms with E-state index in [9.17, 15) is 9.59 Å². The van der Waals surface area contributed by atoms with Crippen molar-refractivity contribution in [1.29, 1.82) is 0 Å². The summed E-state index contributed by atoms with van der Waals surface area (Å²) in [6.45, 7) is 7.06. The van der Waals surface area contributed by atoms with Crippen LogP contribution in [0.25, 0.3) is 12.2 Å². The van der Waals surface area contributed by atoms with Crippen LogP contribution in [0.15, 0.2) is 22.7 Å². The summed E-state index contributed by atoms with van der Waals surface area (Å²) in [4.78, 5) is 22.2. The van der Waals surface area contributed by atoms with Crippen molar-refractivity contribution >= 4 is 23.5 Å². The number of rotatable bonds is 2. The van der Waals surface area contributed by atoms with Gasteiger partial charge in [-0.3, -0.25) is 9.59 Å². The molecular formula is C9H9NO2S. The monoisotopic (exact) mass is 195 g/mol. The lowest BCUT2D eigenvalue weighted by atomic mass is 10.2. The Morgan fingerprint density at radius 2 is 1.92 bits per heavy atom. The third-order valence-corrected chi connectivity index (χ3v) is 2.56. The molecule has 0 N–H and O–H groups in total. The second-order valence-electron chi connectivity index (χ2n) is 2.42. The van der Waals surface area contributed by atoms with Gasteiger partial charge in [0.2, 0.25) is 4.74 Å². The Bertz CT molecular complexity index is 467. The molecule has 0 fully saturated rings. The Labute approximate surface area is 79.3 Å². The highest BCUT2D eigenvalue weighted by Gasteiger charge is 2.06. The predicted octanol–water partition coefficient (Wildman–Crippen LogP) is 1.09. The van der Waals surface area contributed by atoms with Gasteiger partial charge >= 0.3 is 4.87 Å². The molecule has 1 aromatic heterocycles. The molecular weight excluding hydrogens is 186 g/mol. The smallest absolute Gasteiger partial charge is 0.302 e. The quantitative estimate of drug-likeness (QED) is 0.708. The highest BCUT2D eigenvalue weighted by Crippen LogP contribution is 2.04. The molecule has 1 heterocycles. The zero-order valence-corrected chi connectivity index (χ0v) is 8.06. The van der Waals surface area contributed by atoms with Crippen LogP contribution >= 0.6 is 11.3 Å². The lowest BCUT2D eigenvalue weighted by molar-refractivity contribution is 0.868. The number of hydrogen-bond donors (Lipinski definition) is 0. The Balaban J connectivity index is 3.81. The average molecular weight is 195 g/mol. The van der Waals surface area contributed by atoms with Crippen LogP contribution in [0.2, 0.25) is 0 Å². The van der Waals surface area contributed by atoms with Crippen LogP contribution in [-0.4, -0.2) is 4.57 Å². The Morgan fingerprint density at radius 1 is 1.31 bits per heavy atom. The van der Waals surface area contributed by atoms with Crippen molar-refractivity contribution in [3.8, 4) is 0 Å². The van der Waals surface area contributed by atoms with Crippen LogP contribution < -0.4 is 9.62 Å². The minimum Gasteiger partial charge on any atom is -0.302 e. The van der Waals surface area contributed by atoms with E-state index >= 15 is 0 Å². The number of hydrogen-bond acceptors (Lipinski definition) is 3. The Hall–Kier alpha value is -1.42. The summed E-state index contributed by atoms with van der Waals surface area (Å²) in [6, 6.07) is 0. The van der Waals surface area contributed by atoms with Crippen molar-refractivity contribution in [3.05, 3.63) is 43.6 Å². The minimum absolute atomic E-state index is 0.270. The number of aromatic nitrogens is 1. The van der Waals surface area contributed by atoms with Gasteiger partial charge in [-0.05, 0) is 17.4 Å². The molecule has 68 valence electrons. The van der Waals surface area contributed by atoms with Crippen molar-refractivity contribution < 1.29 is 0 Å². The summed E-state index contributed by atoms with van der Waals surface area (Å²) < 4.78 is 1.11. The van der Waals surface area contributed by atoms with Crippen LogP contribution in [0.4, 0.5) is 0 Å². The Kier molecular flexibility index (Phi) is 2.63. The van der Waals surface area contributed by atoms with Gasteiger partial charge in [-0.15, -0.1) is 0 Å². The van der Waals surface area contributed by atoms with E-state index in [1.807, 2.05) is 0 Å². The molecule has 4 heteroatoms. The summed E-state index contributed by atoms with van der Waals surface area (Å²) in [5.41, 5.74) is 0.950. The third-order valence-electron chi connectivity index (χ3n) is 1.71. The van der Waals surface area contributed by atoms with E-state index in [2.05, 4.69) is 13.2 Å². The fourth-order valence-corrected chi connectivity index (χ4v) is 1.71. The van der Waals surface area contributed by atoms with E-state index in [4.69, 9.17) is 0 Å². The normalized spacial score (nSPS) is 9.62. The van der Waals surface area contributed by atoms with Gasteiger partial charge in [0.15, 0.2) is 0 Å². The van der Waals surface area contributed by atoms with Crippen molar-refractivity contribution in [2.75, 3.05) is 0 Å². The first-order chi connectivity index (χ1) is 6.11. The molecule has 1 rings (SSSR count). The number of nitrogens with zero attached hydrogens (tertiary/aromatic N) is 1. The second-order valence-corrected chi connectivity index (χ2v) is 3.35. The van der Waals surface area contributed by atoms with Gasteiger partial charge in [-0.2, -0.15) is 0 Å². The summed E-state index contributed by atoms with van der Waals surface area (Å²) in [5.74, 6) is 0. The van der Waals surface area contributed by atoms with Crippen LogP contribution in [0.3, 0.4) is 0 Å². The van der Waals surface area contributed by atoms with Gasteiger partial charge in [0.05, 0.1) is 11.3 Å². The molecule has 0 amide bonds. The van der Waals surface area contributed by atoms with Gasteiger partial charge in [0.25, 0.3) is 0 Å². The summed E-state index contributed by atoms with van der Waals surface area (Å²) in [6.07, 6.45) is 2.92. The molecule has 0 atom stereocenters. The van der Waals surface area contributed by atoms with Crippen LogP contribution in [0, 0.1) is 0 Å². The lowest BCUT2D eigenvalue weighted by Crippen LogP contribution is -2.22. The van der Waals surface area contributed by atoms with Crippen LogP contribution in [0.1, 0.15) is 11.3 Å². The molecule has 0 aliphatic rings. The summed E-state index contributed by atoms with van der Waals surface area (Å²) in [7, 11) is 1.60. The first-order valence-corrected chi connectivity index (χ1v) is 4.42. The molecule has 0 saturated carbocycles. The molecule has 13 heavy (non-hydrogen) atoms. The summed E-state index contributed by atoms with van der Waals surface area (Å²) >= 11 is 0.672. The lowest BCUT2D eigenvalue weighted by Gasteiger charge is -2.04. The third kappa shape index (κ3) is 1.53. The van der Waals surface area contributed by atoms with Gasteiger partial charge in [0.1, 0.15) is 0 Å². The van der Waals surface area contributed by atoms with E-state index in [0.717, 1.165) is 0 Å². The molecule has 0 spiro atoms. The first kappa shape index (κ1) is 9.67. The van der Waals surface area contributed by atoms with Gasteiger partial charge in [0, 0.05) is 7.05 Å². The Morgan fingerprint density at radius 3 is 2.38 bits per heavy atom. The fraction of sp³-hybridized carbons (Fsp3) is 0.111. The maximum Gasteiger partial charge on any atom is 0.310 e. The maximum atomic E-state index is 11.3. The van der Waals surface area contributed by atoms with E-state index in [1.54, 1.807) is 7.05 Å². The molecule has 0 aromatic carbocycles. The highest BCUT2D eigenvalue weighted by atomic mass is 32.1. The molecule has 0 aliphatic heterocycles. The van der Waals surface area contributed by atoms with Crippen LogP contribution in [-0.2, 0) is 7.05 Å². The van der Waals surface area contributed by atoms with Crippen LogP contribution in [0.5, 0.6) is 0 Å². The van der Waals surface area contributed by atoms with Gasteiger partial charge in [-0.25, -0.2) is 0 Å². The van der Waals surface area contributed by atoms with E-state index in [0.29, 0.717) is 22.6 Å². The zero-order chi connectivity index (χ0) is 10.0. The van der Waals surface area contributed by atoms with Crippen molar-refractivity contribution in [2.45, 2.75) is 0 Å². The molecule has 0 bridgehead atoms. The average Bonchev–Trinajstić information content (AvgIpc) is 2.10. The molecule has 0 saturated heterocycles. The minimum atomic E-state index is -0.287.